The van der Waals surface area contributed by atoms with Crippen LogP contribution in [0.5, 0.6) is 5.75 Å². The molecule has 29 heavy (non-hydrogen) atoms. The maximum atomic E-state index is 9.90. The molecule has 1 aliphatic carbocycles. The Balaban J connectivity index is 0. The molecule has 0 amide bonds. The van der Waals surface area contributed by atoms with Crippen molar-refractivity contribution in [2.24, 2.45) is 0 Å². The third kappa shape index (κ3) is 11.5. The minimum atomic E-state index is -0.0675. The van der Waals surface area contributed by atoms with Crippen molar-refractivity contribution in [1.82, 2.24) is 0 Å². The lowest BCUT2D eigenvalue weighted by atomic mass is 9.84. The molecule has 0 aromatic heterocycles. The SMILES string of the molecule is CC.CCCc1cc(N)c(O)c(C(C)(C)C)c1.COC=O.N=C1C=CC=CC1=N. The van der Waals surface area contributed by atoms with Crippen molar-refractivity contribution >= 4 is 23.6 Å². The Bertz CT molecular complexity index is 693. The fourth-order valence-corrected chi connectivity index (χ4v) is 2.21. The lowest BCUT2D eigenvalue weighted by Crippen LogP contribution is -2.12. The third-order valence-electron chi connectivity index (χ3n) is 3.57. The number of phenolic OH excluding ortho intramolecular Hbond substituents is 1. The molecule has 0 bridgehead atoms. The van der Waals surface area contributed by atoms with E-state index >= 15 is 0 Å². The molecule has 2 rings (SSSR count). The maximum absolute atomic E-state index is 9.90. The molecule has 1 aromatic carbocycles. The zero-order valence-electron chi connectivity index (χ0n) is 18.8. The van der Waals surface area contributed by atoms with E-state index in [-0.39, 0.29) is 22.6 Å². The van der Waals surface area contributed by atoms with Crippen LogP contribution < -0.4 is 5.73 Å². The average molecular weight is 404 g/mol. The third-order valence-corrected chi connectivity index (χ3v) is 3.57. The quantitative estimate of drug-likeness (QED) is 0.240. The van der Waals surface area contributed by atoms with E-state index in [1.807, 2.05) is 19.9 Å². The molecule has 0 unspecified atom stereocenters. The predicted octanol–water partition coefficient (Wildman–Crippen LogP) is 5.19. The number of benzene rings is 1. The molecule has 0 fully saturated rings. The number of phenols is 1. The molecule has 162 valence electrons. The van der Waals surface area contributed by atoms with Gasteiger partial charge in [0.1, 0.15) is 5.75 Å². The van der Waals surface area contributed by atoms with Crippen molar-refractivity contribution in [3.05, 3.63) is 47.6 Å². The van der Waals surface area contributed by atoms with Gasteiger partial charge in [-0.05, 0) is 35.6 Å². The molecule has 0 radical (unpaired) electrons. The molecule has 6 heteroatoms. The van der Waals surface area contributed by atoms with Gasteiger partial charge in [-0.2, -0.15) is 0 Å². The predicted molar refractivity (Wildman–Crippen MR) is 123 cm³/mol. The van der Waals surface area contributed by atoms with Gasteiger partial charge in [0.25, 0.3) is 6.47 Å². The highest BCUT2D eigenvalue weighted by Gasteiger charge is 2.20. The van der Waals surface area contributed by atoms with Gasteiger partial charge in [0.15, 0.2) is 0 Å². The molecule has 0 heterocycles. The van der Waals surface area contributed by atoms with E-state index in [1.165, 1.54) is 12.7 Å². The Morgan fingerprint density at radius 2 is 1.55 bits per heavy atom. The highest BCUT2D eigenvalue weighted by molar-refractivity contribution is 6.48. The number of ether oxygens (including phenoxy) is 1. The largest absolute Gasteiger partial charge is 0.505 e. The second-order valence-electron chi connectivity index (χ2n) is 6.96. The van der Waals surface area contributed by atoms with Crippen LogP contribution in [0.2, 0.25) is 0 Å². The number of aryl methyl sites for hydroxylation is 1. The normalized spacial score (nSPS) is 11.8. The highest BCUT2D eigenvalue weighted by Crippen LogP contribution is 2.36. The van der Waals surface area contributed by atoms with Gasteiger partial charge in [-0.15, -0.1) is 0 Å². The van der Waals surface area contributed by atoms with Crippen molar-refractivity contribution in [2.45, 2.75) is 59.8 Å². The molecule has 0 saturated heterocycles. The van der Waals surface area contributed by atoms with Crippen LogP contribution in [0.25, 0.3) is 0 Å². The summed E-state index contributed by atoms with van der Waals surface area (Å²) in [4.78, 5) is 8.95. The Hall–Kier alpha value is -2.89. The first-order valence-corrected chi connectivity index (χ1v) is 9.68. The van der Waals surface area contributed by atoms with E-state index in [9.17, 15) is 5.11 Å². The number of rotatable bonds is 3. The van der Waals surface area contributed by atoms with Gasteiger partial charge in [0.2, 0.25) is 0 Å². The van der Waals surface area contributed by atoms with E-state index in [2.05, 4.69) is 38.5 Å². The molecule has 0 saturated carbocycles. The second-order valence-corrected chi connectivity index (χ2v) is 6.96. The van der Waals surface area contributed by atoms with E-state index in [0.29, 0.717) is 12.2 Å². The summed E-state index contributed by atoms with van der Waals surface area (Å²) in [5.41, 5.74) is 8.93. The molecule has 1 aromatic rings. The number of hydrogen-bond acceptors (Lipinski definition) is 6. The van der Waals surface area contributed by atoms with E-state index < -0.39 is 0 Å². The topological polar surface area (TPSA) is 120 Å². The second kappa shape index (κ2) is 15.1. The summed E-state index contributed by atoms with van der Waals surface area (Å²) in [5.74, 6) is 0.238. The first-order valence-electron chi connectivity index (χ1n) is 9.68. The van der Waals surface area contributed by atoms with Crippen molar-refractivity contribution in [1.29, 1.82) is 10.8 Å². The summed E-state index contributed by atoms with van der Waals surface area (Å²) in [5, 5.41) is 24.0. The average Bonchev–Trinajstić information content (AvgIpc) is 2.68. The first kappa shape index (κ1) is 28.3. The number of nitrogen functional groups attached to an aromatic ring is 1. The number of anilines is 1. The number of nitrogens with one attached hydrogen (secondary N) is 2. The van der Waals surface area contributed by atoms with E-state index in [4.69, 9.17) is 21.3 Å². The van der Waals surface area contributed by atoms with Crippen LogP contribution in [0.1, 0.15) is 59.1 Å². The number of methoxy groups -OCH3 is 1. The molecule has 5 N–H and O–H groups in total. The fourth-order valence-electron chi connectivity index (χ4n) is 2.21. The lowest BCUT2D eigenvalue weighted by molar-refractivity contribution is -0.126. The van der Waals surface area contributed by atoms with Gasteiger partial charge in [-0.3, -0.25) is 15.6 Å². The Kier molecular flexibility index (Phi) is 14.7. The summed E-state index contributed by atoms with van der Waals surface area (Å²) in [6.07, 6.45) is 8.80. The minimum absolute atomic E-state index is 0.0675. The van der Waals surface area contributed by atoms with Crippen molar-refractivity contribution in [3.63, 3.8) is 0 Å². The highest BCUT2D eigenvalue weighted by atomic mass is 16.5. The van der Waals surface area contributed by atoms with E-state index in [1.54, 1.807) is 24.3 Å². The van der Waals surface area contributed by atoms with Gasteiger partial charge < -0.3 is 15.6 Å². The summed E-state index contributed by atoms with van der Waals surface area (Å²) in [6, 6.07) is 3.93. The van der Waals surface area contributed by atoms with Gasteiger partial charge in [0.05, 0.1) is 24.2 Å². The zero-order valence-corrected chi connectivity index (χ0v) is 18.8. The molecule has 1 aliphatic rings. The van der Waals surface area contributed by atoms with Crippen molar-refractivity contribution < 1.29 is 14.6 Å². The molecule has 0 spiro atoms. The Labute approximate surface area is 175 Å². The number of carbonyl (C=O) groups excluding carboxylic acids is 1. The summed E-state index contributed by atoms with van der Waals surface area (Å²) >= 11 is 0. The van der Waals surface area contributed by atoms with Crippen LogP contribution >= 0.6 is 0 Å². The first-order chi connectivity index (χ1) is 13.6. The minimum Gasteiger partial charge on any atom is -0.505 e. The van der Waals surface area contributed by atoms with Crippen LogP contribution in [0.15, 0.2) is 36.4 Å². The number of hydrogen-bond donors (Lipinski definition) is 4. The van der Waals surface area contributed by atoms with Crippen molar-refractivity contribution in [3.8, 4) is 5.75 Å². The molecular weight excluding hydrogens is 366 g/mol. The van der Waals surface area contributed by atoms with Gasteiger partial charge in [-0.1, -0.05) is 66.2 Å². The van der Waals surface area contributed by atoms with Gasteiger partial charge >= 0.3 is 0 Å². The van der Waals surface area contributed by atoms with Gasteiger partial charge in [0, 0.05) is 5.56 Å². The van der Waals surface area contributed by atoms with Gasteiger partial charge in [-0.25, -0.2) is 0 Å². The summed E-state index contributed by atoms with van der Waals surface area (Å²) < 4.78 is 3.86. The zero-order chi connectivity index (χ0) is 23.0. The van der Waals surface area contributed by atoms with Crippen LogP contribution in [-0.4, -0.2) is 30.1 Å². The number of allylic oxidation sites excluding steroid dienone is 4. The number of nitrogens with two attached hydrogens (primary N) is 1. The van der Waals surface area contributed by atoms with E-state index in [0.717, 1.165) is 18.4 Å². The number of aromatic hydroxyl groups is 1. The van der Waals surface area contributed by atoms with Crippen LogP contribution in [-0.2, 0) is 21.4 Å². The Morgan fingerprint density at radius 3 is 1.86 bits per heavy atom. The summed E-state index contributed by atoms with van der Waals surface area (Å²) in [6.45, 7) is 12.8. The Morgan fingerprint density at radius 1 is 1.10 bits per heavy atom. The van der Waals surface area contributed by atoms with Crippen LogP contribution in [0.4, 0.5) is 5.69 Å². The summed E-state index contributed by atoms with van der Waals surface area (Å²) in [7, 11) is 1.31. The maximum Gasteiger partial charge on any atom is 0.292 e. The van der Waals surface area contributed by atoms with Crippen LogP contribution in [0, 0.1) is 10.8 Å². The monoisotopic (exact) mass is 403 g/mol. The lowest BCUT2D eigenvalue weighted by Gasteiger charge is -2.22. The fraction of sp³-hybridized carbons (Fsp3) is 0.435. The van der Waals surface area contributed by atoms with Crippen LogP contribution in [0.3, 0.4) is 0 Å². The standard InChI is InChI=1S/C13H21NO.C6H6N2.C2H4O2.C2H6/c1-5-6-9-7-10(13(2,3)4)12(15)11(14)8-9;7-5-3-1-2-4-6(5)8;1-4-2-3;1-2/h7-8,15H,5-6,14H2,1-4H3;1-4,7-8H;2H,1H3;1-2H3. The molecule has 0 atom stereocenters. The molecule has 0 aliphatic heterocycles. The molecule has 6 nitrogen and oxygen atoms in total. The molecular formula is C23H37N3O3. The number of carbonyl (C=O) groups is 1. The van der Waals surface area contributed by atoms with Crippen molar-refractivity contribution in [2.75, 3.05) is 12.8 Å². The smallest absolute Gasteiger partial charge is 0.292 e.